The standard InChI is InChI=1S/C28H27N5O7S/c1-5-25(34)33-13-11-32(12-14-33)19-9-10-29-20(17-19)18-15-23(39-4)26-24(16-18)40-30-28(26)31-41(35,36)27-21(37-2)7-6-8-22(27)38-3/h1,6-10,15-17H,11-14H2,2-4H3,(H,30,31). The maximum atomic E-state index is 13.4. The van der Waals surface area contributed by atoms with Crippen LogP contribution in [-0.2, 0) is 14.8 Å². The molecule has 1 amide bonds. The lowest BCUT2D eigenvalue weighted by Crippen LogP contribution is -2.48. The van der Waals surface area contributed by atoms with Crippen LogP contribution in [0.2, 0.25) is 0 Å². The van der Waals surface area contributed by atoms with E-state index in [1.54, 1.807) is 29.3 Å². The number of anilines is 2. The minimum atomic E-state index is -4.21. The van der Waals surface area contributed by atoms with Crippen molar-refractivity contribution in [3.8, 4) is 40.8 Å². The van der Waals surface area contributed by atoms with Crippen molar-refractivity contribution in [2.24, 2.45) is 0 Å². The number of fused-ring (bicyclic) bond motifs is 1. The number of methoxy groups -OCH3 is 3. The number of carbonyl (C=O) groups is 1. The first-order valence-corrected chi connectivity index (χ1v) is 14.0. The van der Waals surface area contributed by atoms with Gasteiger partial charge in [0.1, 0.15) is 22.6 Å². The maximum Gasteiger partial charge on any atom is 0.298 e. The summed E-state index contributed by atoms with van der Waals surface area (Å²) in [6, 6.07) is 11.9. The topological polar surface area (TPSA) is 136 Å². The first-order valence-electron chi connectivity index (χ1n) is 12.5. The third-order valence-electron chi connectivity index (χ3n) is 6.74. The van der Waals surface area contributed by atoms with Crippen molar-refractivity contribution >= 4 is 38.4 Å². The van der Waals surface area contributed by atoms with Gasteiger partial charge in [-0.1, -0.05) is 11.2 Å². The molecule has 0 radical (unpaired) electrons. The Morgan fingerprint density at radius 3 is 2.32 bits per heavy atom. The number of nitrogens with one attached hydrogen (secondary N) is 1. The molecule has 0 saturated carbocycles. The van der Waals surface area contributed by atoms with E-state index in [0.717, 1.165) is 5.69 Å². The normalized spacial score (nSPS) is 13.5. The van der Waals surface area contributed by atoms with Gasteiger partial charge in [0.25, 0.3) is 15.9 Å². The molecule has 12 nitrogen and oxygen atoms in total. The summed E-state index contributed by atoms with van der Waals surface area (Å²) in [6.07, 6.45) is 6.94. The van der Waals surface area contributed by atoms with Gasteiger partial charge >= 0.3 is 0 Å². The Kier molecular flexibility index (Phi) is 7.58. The first kappa shape index (κ1) is 27.6. The van der Waals surface area contributed by atoms with Crippen LogP contribution < -0.4 is 23.8 Å². The molecule has 5 rings (SSSR count). The van der Waals surface area contributed by atoms with Crippen LogP contribution in [0, 0.1) is 12.3 Å². The Morgan fingerprint density at radius 1 is 1.00 bits per heavy atom. The van der Waals surface area contributed by atoms with Gasteiger partial charge in [-0.05, 0) is 42.3 Å². The van der Waals surface area contributed by atoms with Crippen molar-refractivity contribution in [1.29, 1.82) is 0 Å². The Bertz CT molecular complexity index is 1730. The molecule has 1 aliphatic heterocycles. The molecule has 3 heterocycles. The number of hydrogen-bond acceptors (Lipinski definition) is 10. The van der Waals surface area contributed by atoms with Crippen molar-refractivity contribution in [1.82, 2.24) is 15.0 Å². The highest BCUT2D eigenvalue weighted by atomic mass is 32.2. The summed E-state index contributed by atoms with van der Waals surface area (Å²) < 4.78 is 51.0. The largest absolute Gasteiger partial charge is 0.496 e. The Morgan fingerprint density at radius 2 is 1.68 bits per heavy atom. The summed E-state index contributed by atoms with van der Waals surface area (Å²) >= 11 is 0. The molecule has 2 aromatic heterocycles. The van der Waals surface area contributed by atoms with Crippen LogP contribution in [0.25, 0.3) is 22.2 Å². The summed E-state index contributed by atoms with van der Waals surface area (Å²) in [5.41, 5.74) is 2.53. The second-order valence-electron chi connectivity index (χ2n) is 9.00. The summed E-state index contributed by atoms with van der Waals surface area (Å²) in [5, 5.41) is 4.31. The zero-order valence-electron chi connectivity index (χ0n) is 22.6. The molecule has 1 N–H and O–H groups in total. The van der Waals surface area contributed by atoms with E-state index in [0.29, 0.717) is 48.6 Å². The van der Waals surface area contributed by atoms with E-state index >= 15 is 0 Å². The smallest absolute Gasteiger partial charge is 0.298 e. The summed E-state index contributed by atoms with van der Waals surface area (Å²) in [7, 11) is -0.00548. The molecule has 0 aliphatic carbocycles. The fraction of sp³-hybridized carbons (Fsp3) is 0.250. The zero-order chi connectivity index (χ0) is 29.1. The van der Waals surface area contributed by atoms with E-state index in [9.17, 15) is 13.2 Å². The minimum Gasteiger partial charge on any atom is -0.496 e. The second kappa shape index (κ2) is 11.3. The van der Waals surface area contributed by atoms with Crippen LogP contribution in [0.4, 0.5) is 11.5 Å². The molecule has 0 atom stereocenters. The van der Waals surface area contributed by atoms with E-state index in [4.69, 9.17) is 25.2 Å². The molecule has 0 spiro atoms. The number of benzene rings is 2. The quantitative estimate of drug-likeness (QED) is 0.311. The Labute approximate surface area is 236 Å². The number of piperazine rings is 1. The number of rotatable bonds is 8. The van der Waals surface area contributed by atoms with E-state index in [2.05, 4.69) is 25.7 Å². The third-order valence-corrected chi connectivity index (χ3v) is 8.14. The lowest BCUT2D eigenvalue weighted by molar-refractivity contribution is -0.125. The van der Waals surface area contributed by atoms with Gasteiger partial charge in [-0.25, -0.2) is 8.42 Å². The van der Waals surface area contributed by atoms with Gasteiger partial charge < -0.3 is 28.5 Å². The first-order chi connectivity index (χ1) is 19.8. The lowest BCUT2D eigenvalue weighted by Gasteiger charge is -2.35. The predicted molar refractivity (Wildman–Crippen MR) is 152 cm³/mol. The molecule has 1 aliphatic rings. The highest BCUT2D eigenvalue weighted by Crippen LogP contribution is 2.39. The number of pyridine rings is 1. The van der Waals surface area contributed by atoms with Crippen LogP contribution >= 0.6 is 0 Å². The lowest BCUT2D eigenvalue weighted by atomic mass is 10.1. The number of ether oxygens (including phenoxy) is 3. The van der Waals surface area contributed by atoms with E-state index in [-0.39, 0.29) is 33.7 Å². The van der Waals surface area contributed by atoms with Gasteiger partial charge in [0.05, 0.1) is 27.0 Å². The Balaban J connectivity index is 1.46. The molecule has 0 unspecified atom stereocenters. The van der Waals surface area contributed by atoms with Crippen LogP contribution in [0.5, 0.6) is 17.2 Å². The molecule has 0 bridgehead atoms. The van der Waals surface area contributed by atoms with Gasteiger partial charge in [-0.3, -0.25) is 14.5 Å². The van der Waals surface area contributed by atoms with Crippen molar-refractivity contribution in [3.05, 3.63) is 48.7 Å². The van der Waals surface area contributed by atoms with Gasteiger partial charge in [0, 0.05) is 43.6 Å². The van der Waals surface area contributed by atoms with Gasteiger partial charge in [-0.15, -0.1) is 6.42 Å². The Hall–Kier alpha value is -4.96. The van der Waals surface area contributed by atoms with Gasteiger partial charge in [0.15, 0.2) is 16.3 Å². The number of aromatic nitrogens is 2. The summed E-state index contributed by atoms with van der Waals surface area (Å²) in [4.78, 5) is 19.9. The second-order valence-corrected chi connectivity index (χ2v) is 10.6. The summed E-state index contributed by atoms with van der Waals surface area (Å²) in [5.74, 6) is 2.34. The number of sulfonamides is 1. The van der Waals surface area contributed by atoms with Gasteiger partial charge in [-0.2, -0.15) is 0 Å². The summed E-state index contributed by atoms with van der Waals surface area (Å²) in [6.45, 7) is 2.31. The molecular weight excluding hydrogens is 550 g/mol. The van der Waals surface area contributed by atoms with Crippen molar-refractivity contribution in [2.45, 2.75) is 4.90 Å². The minimum absolute atomic E-state index is 0.0579. The number of nitrogens with zero attached hydrogens (tertiary/aromatic N) is 4. The average molecular weight is 578 g/mol. The van der Waals surface area contributed by atoms with E-state index in [1.807, 2.05) is 12.1 Å². The van der Waals surface area contributed by atoms with Crippen LogP contribution in [0.15, 0.2) is 58.1 Å². The third kappa shape index (κ3) is 5.29. The number of carbonyl (C=O) groups excluding carboxylic acids is 1. The van der Waals surface area contributed by atoms with Gasteiger partial charge in [0.2, 0.25) is 0 Å². The average Bonchev–Trinajstić information content (AvgIpc) is 3.41. The van der Waals surface area contributed by atoms with E-state index in [1.165, 1.54) is 33.5 Å². The van der Waals surface area contributed by atoms with Crippen molar-refractivity contribution in [3.63, 3.8) is 0 Å². The monoisotopic (exact) mass is 577 g/mol. The SMILES string of the molecule is C#CC(=O)N1CCN(c2ccnc(-c3cc(OC)c4c(NS(=O)(=O)c5c(OC)cccc5OC)noc4c3)c2)CC1. The van der Waals surface area contributed by atoms with Crippen LogP contribution in [0.3, 0.4) is 0 Å². The number of hydrogen-bond donors (Lipinski definition) is 1. The van der Waals surface area contributed by atoms with Crippen LogP contribution in [0.1, 0.15) is 0 Å². The van der Waals surface area contributed by atoms with E-state index < -0.39 is 10.0 Å². The van der Waals surface area contributed by atoms with Crippen molar-refractivity contribution in [2.75, 3.05) is 57.1 Å². The maximum absolute atomic E-state index is 13.4. The predicted octanol–water partition coefficient (Wildman–Crippen LogP) is 3.00. The fourth-order valence-electron chi connectivity index (χ4n) is 4.71. The molecule has 13 heteroatoms. The molecular formula is C28H27N5O7S. The number of terminal acetylenes is 1. The highest BCUT2D eigenvalue weighted by molar-refractivity contribution is 7.93. The molecule has 2 aromatic carbocycles. The van der Waals surface area contributed by atoms with Crippen molar-refractivity contribution < 1.29 is 31.9 Å². The number of amides is 1. The van der Waals surface area contributed by atoms with Crippen LogP contribution in [-0.4, -0.2) is 76.9 Å². The molecule has 4 aromatic rings. The molecule has 41 heavy (non-hydrogen) atoms. The molecule has 1 saturated heterocycles. The zero-order valence-corrected chi connectivity index (χ0v) is 23.4. The fourth-order valence-corrected chi connectivity index (χ4v) is 6.04. The molecule has 1 fully saturated rings. The highest BCUT2D eigenvalue weighted by Gasteiger charge is 2.28. The molecule has 212 valence electrons.